The maximum Gasteiger partial charge on any atom is 0.0406 e. The Morgan fingerprint density at radius 2 is 2.14 bits per heavy atom. The molecule has 76 valence electrons. The first-order valence-corrected chi connectivity index (χ1v) is 5.41. The van der Waals surface area contributed by atoms with Crippen LogP contribution >= 0.6 is 11.6 Å². The van der Waals surface area contributed by atoms with Gasteiger partial charge in [0.15, 0.2) is 0 Å². The minimum Gasteiger partial charge on any atom is -0.315 e. The first-order chi connectivity index (χ1) is 6.84. The quantitative estimate of drug-likeness (QED) is 0.795. The zero-order valence-corrected chi connectivity index (χ0v) is 8.85. The molecule has 1 aromatic carbocycles. The van der Waals surface area contributed by atoms with E-state index in [1.807, 2.05) is 12.1 Å². The van der Waals surface area contributed by atoms with Gasteiger partial charge in [-0.1, -0.05) is 23.7 Å². The molecule has 0 spiro atoms. The summed E-state index contributed by atoms with van der Waals surface area (Å²) >= 11 is 5.81. The summed E-state index contributed by atoms with van der Waals surface area (Å²) < 4.78 is 0. The molecule has 3 heteroatoms. The molecule has 0 radical (unpaired) electrons. The van der Waals surface area contributed by atoms with E-state index in [-0.39, 0.29) is 0 Å². The van der Waals surface area contributed by atoms with Gasteiger partial charge in [-0.3, -0.25) is 0 Å². The topological polar surface area (TPSA) is 24.1 Å². The predicted molar refractivity (Wildman–Crippen MR) is 59.6 cm³/mol. The van der Waals surface area contributed by atoms with Crippen molar-refractivity contribution in [3.05, 3.63) is 34.9 Å². The molecular formula is C11H15ClN2. The van der Waals surface area contributed by atoms with Gasteiger partial charge in [-0.2, -0.15) is 0 Å². The molecule has 1 aliphatic rings. The van der Waals surface area contributed by atoms with Gasteiger partial charge in [0.1, 0.15) is 0 Å². The van der Waals surface area contributed by atoms with Crippen LogP contribution in [0.1, 0.15) is 12.0 Å². The van der Waals surface area contributed by atoms with Gasteiger partial charge in [-0.15, -0.1) is 0 Å². The Labute approximate surface area is 89.7 Å². The third-order valence-corrected chi connectivity index (χ3v) is 2.82. The van der Waals surface area contributed by atoms with Gasteiger partial charge < -0.3 is 10.6 Å². The molecule has 1 heterocycles. The summed E-state index contributed by atoms with van der Waals surface area (Å²) in [6, 6.07) is 8.64. The van der Waals surface area contributed by atoms with Gasteiger partial charge in [0.05, 0.1) is 0 Å². The van der Waals surface area contributed by atoms with Crippen molar-refractivity contribution >= 4 is 11.6 Å². The maximum atomic E-state index is 5.81. The lowest BCUT2D eigenvalue weighted by molar-refractivity contribution is 0.547. The molecular weight excluding hydrogens is 196 g/mol. The highest BCUT2D eigenvalue weighted by atomic mass is 35.5. The van der Waals surface area contributed by atoms with Gasteiger partial charge in [0.25, 0.3) is 0 Å². The molecule has 1 fully saturated rings. The van der Waals surface area contributed by atoms with Crippen LogP contribution in [0.4, 0.5) is 0 Å². The van der Waals surface area contributed by atoms with E-state index in [0.29, 0.717) is 6.04 Å². The standard InChI is InChI=1S/C11H15ClN2/c12-10-3-1-9(2-4-10)7-14-11-5-6-13-8-11/h1-4,11,13-14H,5-8H2/t11-/m1/s1. The summed E-state index contributed by atoms with van der Waals surface area (Å²) in [5.74, 6) is 0. The smallest absolute Gasteiger partial charge is 0.0406 e. The second-order valence-electron chi connectivity index (χ2n) is 3.70. The molecule has 0 unspecified atom stereocenters. The van der Waals surface area contributed by atoms with Crippen LogP contribution in [0.15, 0.2) is 24.3 Å². The van der Waals surface area contributed by atoms with Gasteiger partial charge >= 0.3 is 0 Å². The molecule has 1 saturated heterocycles. The summed E-state index contributed by atoms with van der Waals surface area (Å²) in [5.41, 5.74) is 1.29. The fraction of sp³-hybridized carbons (Fsp3) is 0.455. The van der Waals surface area contributed by atoms with E-state index in [1.165, 1.54) is 12.0 Å². The molecule has 1 atom stereocenters. The molecule has 0 aliphatic carbocycles. The fourth-order valence-electron chi connectivity index (χ4n) is 1.69. The maximum absolute atomic E-state index is 5.81. The van der Waals surface area contributed by atoms with Crippen LogP contribution < -0.4 is 10.6 Å². The van der Waals surface area contributed by atoms with Gasteiger partial charge in [-0.05, 0) is 30.7 Å². The van der Waals surface area contributed by atoms with Gasteiger partial charge in [0, 0.05) is 24.2 Å². The Balaban J connectivity index is 1.82. The van der Waals surface area contributed by atoms with Gasteiger partial charge in [-0.25, -0.2) is 0 Å². The average Bonchev–Trinajstić information content (AvgIpc) is 2.70. The lowest BCUT2D eigenvalue weighted by Gasteiger charge is -2.10. The first kappa shape index (κ1) is 9.97. The van der Waals surface area contributed by atoms with Crippen molar-refractivity contribution < 1.29 is 0 Å². The summed E-state index contributed by atoms with van der Waals surface area (Å²) in [7, 11) is 0. The SMILES string of the molecule is Clc1ccc(CN[C@@H]2CCNC2)cc1. The molecule has 2 nitrogen and oxygen atoms in total. The zero-order valence-electron chi connectivity index (χ0n) is 8.09. The summed E-state index contributed by atoms with van der Waals surface area (Å²) in [4.78, 5) is 0. The second kappa shape index (κ2) is 4.78. The average molecular weight is 211 g/mol. The summed E-state index contributed by atoms with van der Waals surface area (Å²) in [5, 5.41) is 7.65. The third-order valence-electron chi connectivity index (χ3n) is 2.57. The van der Waals surface area contributed by atoms with Gasteiger partial charge in [0.2, 0.25) is 0 Å². The minimum atomic E-state index is 0.630. The van der Waals surface area contributed by atoms with E-state index >= 15 is 0 Å². The van der Waals surface area contributed by atoms with Crippen LogP contribution in [-0.4, -0.2) is 19.1 Å². The molecule has 14 heavy (non-hydrogen) atoms. The molecule has 2 N–H and O–H groups in total. The zero-order chi connectivity index (χ0) is 9.80. The highest BCUT2D eigenvalue weighted by Gasteiger charge is 2.12. The Morgan fingerprint density at radius 1 is 1.36 bits per heavy atom. The van der Waals surface area contributed by atoms with Crippen molar-refractivity contribution in [3.8, 4) is 0 Å². The van der Waals surface area contributed by atoms with Crippen LogP contribution in [0.25, 0.3) is 0 Å². The highest BCUT2D eigenvalue weighted by molar-refractivity contribution is 6.30. The Morgan fingerprint density at radius 3 is 2.79 bits per heavy atom. The largest absolute Gasteiger partial charge is 0.315 e. The van der Waals surface area contributed by atoms with E-state index in [2.05, 4.69) is 22.8 Å². The van der Waals surface area contributed by atoms with Crippen molar-refractivity contribution in [2.45, 2.75) is 19.0 Å². The normalized spacial score (nSPS) is 21.4. The molecule has 1 aromatic rings. The van der Waals surface area contributed by atoms with Crippen molar-refractivity contribution in [1.29, 1.82) is 0 Å². The second-order valence-corrected chi connectivity index (χ2v) is 4.13. The van der Waals surface area contributed by atoms with Crippen molar-refractivity contribution in [3.63, 3.8) is 0 Å². The number of benzene rings is 1. The monoisotopic (exact) mass is 210 g/mol. The number of hydrogen-bond acceptors (Lipinski definition) is 2. The highest BCUT2D eigenvalue weighted by Crippen LogP contribution is 2.09. The first-order valence-electron chi connectivity index (χ1n) is 5.03. The molecule has 2 rings (SSSR count). The van der Waals surface area contributed by atoms with Crippen molar-refractivity contribution in [2.75, 3.05) is 13.1 Å². The Hall–Kier alpha value is -0.570. The van der Waals surface area contributed by atoms with Crippen LogP contribution in [-0.2, 0) is 6.54 Å². The summed E-state index contributed by atoms with van der Waals surface area (Å²) in [6.45, 7) is 3.16. The molecule has 0 amide bonds. The van der Waals surface area contributed by atoms with Crippen LogP contribution in [0.3, 0.4) is 0 Å². The van der Waals surface area contributed by atoms with E-state index in [1.54, 1.807) is 0 Å². The molecule has 0 saturated carbocycles. The Bertz CT molecular complexity index is 278. The number of hydrogen-bond donors (Lipinski definition) is 2. The minimum absolute atomic E-state index is 0.630. The van der Waals surface area contributed by atoms with Crippen LogP contribution in [0.5, 0.6) is 0 Å². The predicted octanol–water partition coefficient (Wildman–Crippen LogP) is 1.79. The fourth-order valence-corrected chi connectivity index (χ4v) is 1.82. The van der Waals surface area contributed by atoms with E-state index in [0.717, 1.165) is 24.7 Å². The molecule has 0 bridgehead atoms. The lowest BCUT2D eigenvalue weighted by Crippen LogP contribution is -2.30. The number of nitrogens with one attached hydrogen (secondary N) is 2. The number of halogens is 1. The van der Waals surface area contributed by atoms with Crippen molar-refractivity contribution in [2.24, 2.45) is 0 Å². The molecule has 1 aliphatic heterocycles. The van der Waals surface area contributed by atoms with E-state index < -0.39 is 0 Å². The van der Waals surface area contributed by atoms with Crippen molar-refractivity contribution in [1.82, 2.24) is 10.6 Å². The summed E-state index contributed by atoms with van der Waals surface area (Å²) in [6.07, 6.45) is 1.23. The lowest BCUT2D eigenvalue weighted by atomic mass is 10.2. The van der Waals surface area contributed by atoms with Crippen LogP contribution in [0, 0.1) is 0 Å². The third kappa shape index (κ3) is 2.71. The van der Waals surface area contributed by atoms with E-state index in [4.69, 9.17) is 11.6 Å². The molecule has 0 aromatic heterocycles. The Kier molecular flexibility index (Phi) is 3.40. The van der Waals surface area contributed by atoms with Crippen LogP contribution in [0.2, 0.25) is 5.02 Å². The van der Waals surface area contributed by atoms with E-state index in [9.17, 15) is 0 Å². The number of rotatable bonds is 3.